The number of aliphatic hydroxyl groups excluding tert-OH is 1. The third-order valence-corrected chi connectivity index (χ3v) is 4.28. The molecule has 0 aromatic carbocycles. The van der Waals surface area contributed by atoms with Gasteiger partial charge in [0.1, 0.15) is 0 Å². The Hall–Kier alpha value is -0.120. The second kappa shape index (κ2) is 5.48. The maximum Gasteiger partial charge on any atom is 0.0524 e. The Balaban J connectivity index is 1.95. The predicted molar refractivity (Wildman–Crippen MR) is 66.6 cm³/mol. The average molecular weight is 226 g/mol. The van der Waals surface area contributed by atoms with Gasteiger partial charge in [0.15, 0.2) is 0 Å². The summed E-state index contributed by atoms with van der Waals surface area (Å²) in [5, 5.41) is 13.0. The Morgan fingerprint density at radius 2 is 2.06 bits per heavy atom. The Labute approximate surface area is 99.2 Å². The fourth-order valence-corrected chi connectivity index (χ4v) is 3.28. The van der Waals surface area contributed by atoms with Crippen LogP contribution in [0, 0.1) is 0 Å². The first-order valence-electron chi connectivity index (χ1n) is 6.87. The van der Waals surface area contributed by atoms with Gasteiger partial charge in [0.25, 0.3) is 0 Å². The highest BCUT2D eigenvalue weighted by atomic mass is 16.3. The van der Waals surface area contributed by atoms with Crippen LogP contribution in [0.25, 0.3) is 0 Å². The molecule has 2 rings (SSSR count). The van der Waals surface area contributed by atoms with E-state index < -0.39 is 0 Å². The Morgan fingerprint density at radius 3 is 2.75 bits per heavy atom. The Morgan fingerprint density at radius 1 is 1.31 bits per heavy atom. The van der Waals surface area contributed by atoms with Crippen LogP contribution in [0.4, 0.5) is 0 Å². The topological polar surface area (TPSA) is 35.5 Å². The third-order valence-electron chi connectivity index (χ3n) is 4.28. The summed E-state index contributed by atoms with van der Waals surface area (Å²) in [4.78, 5) is 2.65. The van der Waals surface area contributed by atoms with Crippen LogP contribution in [0.1, 0.15) is 45.4 Å². The van der Waals surface area contributed by atoms with Crippen molar-refractivity contribution in [2.75, 3.05) is 26.2 Å². The molecule has 16 heavy (non-hydrogen) atoms. The molecule has 3 heteroatoms. The summed E-state index contributed by atoms with van der Waals surface area (Å²) in [5.74, 6) is 0. The zero-order chi connectivity index (χ0) is 11.4. The fourth-order valence-electron chi connectivity index (χ4n) is 3.28. The maximum atomic E-state index is 9.43. The summed E-state index contributed by atoms with van der Waals surface area (Å²) >= 11 is 0. The molecule has 3 nitrogen and oxygen atoms in total. The predicted octanol–water partition coefficient (Wildman–Crippen LogP) is 1.37. The number of hydrogen-bond acceptors (Lipinski definition) is 3. The van der Waals surface area contributed by atoms with Crippen molar-refractivity contribution in [1.29, 1.82) is 0 Å². The molecular formula is C13H26N2O. The first kappa shape index (κ1) is 12.3. The average Bonchev–Trinajstić information content (AvgIpc) is 2.29. The molecule has 0 aromatic rings. The molecule has 1 atom stereocenters. The lowest BCUT2D eigenvalue weighted by molar-refractivity contribution is 0.0175. The van der Waals surface area contributed by atoms with Gasteiger partial charge in [0.2, 0.25) is 0 Å². The standard InChI is InChI=1S/C13H26N2O/c1-12(16)5-9-15-10-8-14-11-13(15)6-3-2-4-7-13/h12,14,16H,2-11H2,1H3. The van der Waals surface area contributed by atoms with E-state index >= 15 is 0 Å². The molecule has 2 N–H and O–H groups in total. The van der Waals surface area contributed by atoms with Gasteiger partial charge < -0.3 is 10.4 Å². The first-order valence-corrected chi connectivity index (χ1v) is 6.87. The second-order valence-electron chi connectivity index (χ2n) is 5.59. The van der Waals surface area contributed by atoms with Gasteiger partial charge in [-0.15, -0.1) is 0 Å². The molecule has 2 aliphatic rings. The molecule has 1 saturated heterocycles. The molecule has 1 saturated carbocycles. The SMILES string of the molecule is CC(O)CCN1CCNCC12CCCCC2. The minimum atomic E-state index is -0.157. The first-order chi connectivity index (χ1) is 7.73. The van der Waals surface area contributed by atoms with E-state index in [1.165, 1.54) is 32.1 Å². The summed E-state index contributed by atoms with van der Waals surface area (Å²) in [5.41, 5.74) is 0.422. The molecule has 1 spiro atoms. The second-order valence-corrected chi connectivity index (χ2v) is 5.59. The summed E-state index contributed by atoms with van der Waals surface area (Å²) in [6.45, 7) is 6.40. The minimum absolute atomic E-state index is 0.157. The molecule has 0 amide bonds. The number of hydrogen-bond donors (Lipinski definition) is 2. The largest absolute Gasteiger partial charge is 0.393 e. The van der Waals surface area contributed by atoms with Crippen molar-refractivity contribution in [2.24, 2.45) is 0 Å². The summed E-state index contributed by atoms with van der Waals surface area (Å²) in [6.07, 6.45) is 7.63. The molecule has 0 aromatic heterocycles. The number of aliphatic hydroxyl groups is 1. The molecule has 1 unspecified atom stereocenters. The van der Waals surface area contributed by atoms with E-state index in [2.05, 4.69) is 10.2 Å². The minimum Gasteiger partial charge on any atom is -0.393 e. The van der Waals surface area contributed by atoms with Crippen molar-refractivity contribution in [3.8, 4) is 0 Å². The molecule has 2 fully saturated rings. The smallest absolute Gasteiger partial charge is 0.0524 e. The quantitative estimate of drug-likeness (QED) is 0.763. The van der Waals surface area contributed by atoms with Crippen LogP contribution in [0.3, 0.4) is 0 Å². The van der Waals surface area contributed by atoms with Gasteiger partial charge in [-0.2, -0.15) is 0 Å². The van der Waals surface area contributed by atoms with E-state index in [-0.39, 0.29) is 6.10 Å². The molecule has 94 valence electrons. The molecule has 0 bridgehead atoms. The van der Waals surface area contributed by atoms with E-state index in [9.17, 15) is 5.11 Å². The monoisotopic (exact) mass is 226 g/mol. The van der Waals surface area contributed by atoms with Crippen molar-refractivity contribution >= 4 is 0 Å². The molecular weight excluding hydrogens is 200 g/mol. The molecule has 0 radical (unpaired) electrons. The lowest BCUT2D eigenvalue weighted by Gasteiger charge is -2.50. The fraction of sp³-hybridized carbons (Fsp3) is 1.00. The highest BCUT2D eigenvalue weighted by molar-refractivity contribution is 4.97. The normalized spacial score (nSPS) is 28.1. The molecule has 1 heterocycles. The van der Waals surface area contributed by atoms with Crippen LogP contribution in [0.5, 0.6) is 0 Å². The number of nitrogens with one attached hydrogen (secondary N) is 1. The van der Waals surface area contributed by atoms with Gasteiger partial charge in [-0.3, -0.25) is 4.90 Å². The van der Waals surface area contributed by atoms with E-state index in [1.54, 1.807) is 0 Å². The summed E-state index contributed by atoms with van der Waals surface area (Å²) < 4.78 is 0. The van der Waals surface area contributed by atoms with Crippen LogP contribution in [-0.4, -0.2) is 47.8 Å². The molecule has 1 aliphatic heterocycles. The Bertz CT molecular complexity index is 204. The van der Waals surface area contributed by atoms with E-state index in [1.807, 2.05) is 6.92 Å². The lowest BCUT2D eigenvalue weighted by Crippen LogP contribution is -2.62. The van der Waals surface area contributed by atoms with Gasteiger partial charge in [-0.1, -0.05) is 19.3 Å². The van der Waals surface area contributed by atoms with Gasteiger partial charge in [0.05, 0.1) is 6.10 Å². The van der Waals surface area contributed by atoms with E-state index in [0.717, 1.165) is 32.6 Å². The van der Waals surface area contributed by atoms with Crippen LogP contribution in [-0.2, 0) is 0 Å². The maximum absolute atomic E-state index is 9.43. The van der Waals surface area contributed by atoms with Crippen molar-refractivity contribution in [3.63, 3.8) is 0 Å². The highest BCUT2D eigenvalue weighted by Gasteiger charge is 2.39. The zero-order valence-electron chi connectivity index (χ0n) is 10.5. The number of rotatable bonds is 3. The number of nitrogens with zero attached hydrogens (tertiary/aromatic N) is 1. The van der Waals surface area contributed by atoms with Crippen molar-refractivity contribution < 1.29 is 5.11 Å². The van der Waals surface area contributed by atoms with Crippen LogP contribution < -0.4 is 5.32 Å². The van der Waals surface area contributed by atoms with Gasteiger partial charge in [-0.05, 0) is 26.2 Å². The highest BCUT2D eigenvalue weighted by Crippen LogP contribution is 2.34. The van der Waals surface area contributed by atoms with Gasteiger partial charge in [0, 0.05) is 31.7 Å². The van der Waals surface area contributed by atoms with Crippen molar-refractivity contribution in [1.82, 2.24) is 10.2 Å². The summed E-state index contributed by atoms with van der Waals surface area (Å²) in [6, 6.07) is 0. The van der Waals surface area contributed by atoms with Crippen molar-refractivity contribution in [3.05, 3.63) is 0 Å². The van der Waals surface area contributed by atoms with E-state index in [0.29, 0.717) is 5.54 Å². The van der Waals surface area contributed by atoms with E-state index in [4.69, 9.17) is 0 Å². The third kappa shape index (κ3) is 2.76. The summed E-state index contributed by atoms with van der Waals surface area (Å²) in [7, 11) is 0. The van der Waals surface area contributed by atoms with Crippen molar-refractivity contribution in [2.45, 2.75) is 57.1 Å². The van der Waals surface area contributed by atoms with Crippen LogP contribution >= 0.6 is 0 Å². The van der Waals surface area contributed by atoms with Crippen LogP contribution in [0.2, 0.25) is 0 Å². The molecule has 1 aliphatic carbocycles. The van der Waals surface area contributed by atoms with Crippen LogP contribution in [0.15, 0.2) is 0 Å². The number of piperazine rings is 1. The Kier molecular flexibility index (Phi) is 4.22. The lowest BCUT2D eigenvalue weighted by atomic mass is 9.79. The van der Waals surface area contributed by atoms with Gasteiger partial charge >= 0.3 is 0 Å². The zero-order valence-corrected chi connectivity index (χ0v) is 10.5. The van der Waals surface area contributed by atoms with Gasteiger partial charge in [-0.25, -0.2) is 0 Å².